The van der Waals surface area contributed by atoms with Crippen molar-refractivity contribution < 1.29 is 13.9 Å². The Hall–Kier alpha value is -3.57. The van der Waals surface area contributed by atoms with Crippen LogP contribution in [0.1, 0.15) is 27.7 Å². The summed E-state index contributed by atoms with van der Waals surface area (Å²) in [4.78, 5) is 28.4. The number of amides is 1. The Morgan fingerprint density at radius 2 is 1.63 bits per heavy atom. The molecule has 148 valence electrons. The van der Waals surface area contributed by atoms with Gasteiger partial charge in [0.1, 0.15) is 11.3 Å². The van der Waals surface area contributed by atoms with Gasteiger partial charge in [0.15, 0.2) is 5.43 Å². The normalized spacial score (nSPS) is 15.5. The quantitative estimate of drug-likeness (QED) is 0.459. The molecule has 30 heavy (non-hydrogen) atoms. The van der Waals surface area contributed by atoms with E-state index in [1.807, 2.05) is 12.1 Å². The zero-order valence-electron chi connectivity index (χ0n) is 16.0. The number of methoxy groups -OCH3 is 1. The van der Waals surface area contributed by atoms with Gasteiger partial charge in [-0.3, -0.25) is 14.5 Å². The van der Waals surface area contributed by atoms with Crippen molar-refractivity contribution >= 4 is 34.2 Å². The summed E-state index contributed by atoms with van der Waals surface area (Å²) in [6.07, 6.45) is 0. The van der Waals surface area contributed by atoms with Crippen molar-refractivity contribution in [3.8, 4) is 5.75 Å². The summed E-state index contributed by atoms with van der Waals surface area (Å²) in [6, 6.07) is 20.6. The Labute approximate surface area is 177 Å². The molecule has 0 saturated heterocycles. The molecule has 4 aromatic rings. The van der Waals surface area contributed by atoms with E-state index in [-0.39, 0.29) is 17.1 Å². The molecule has 1 aliphatic rings. The maximum atomic E-state index is 13.4. The van der Waals surface area contributed by atoms with Crippen LogP contribution >= 0.6 is 11.6 Å². The highest BCUT2D eigenvalue weighted by atomic mass is 35.5. The summed E-state index contributed by atoms with van der Waals surface area (Å²) < 4.78 is 11.2. The van der Waals surface area contributed by atoms with Crippen LogP contribution in [-0.4, -0.2) is 13.0 Å². The van der Waals surface area contributed by atoms with Crippen molar-refractivity contribution in [1.82, 2.24) is 0 Å². The lowest BCUT2D eigenvalue weighted by Crippen LogP contribution is -2.29. The molecule has 0 radical (unpaired) electrons. The maximum Gasteiger partial charge on any atom is 0.295 e. The van der Waals surface area contributed by atoms with Crippen molar-refractivity contribution in [3.05, 3.63) is 105 Å². The minimum atomic E-state index is -0.626. The van der Waals surface area contributed by atoms with E-state index in [2.05, 4.69) is 0 Å². The molecule has 0 fully saturated rings. The second-order valence-electron chi connectivity index (χ2n) is 7.00. The minimum absolute atomic E-state index is 0.0643. The predicted molar refractivity (Wildman–Crippen MR) is 116 cm³/mol. The number of nitrogens with zero attached hydrogens (tertiary/aromatic N) is 1. The molecular formula is C24H16ClNO4. The van der Waals surface area contributed by atoms with Crippen molar-refractivity contribution in [2.75, 3.05) is 12.0 Å². The molecule has 1 amide bonds. The van der Waals surface area contributed by atoms with E-state index >= 15 is 0 Å². The first-order chi connectivity index (χ1) is 14.6. The number of halogens is 1. The van der Waals surface area contributed by atoms with Crippen LogP contribution in [0.3, 0.4) is 0 Å². The lowest BCUT2D eigenvalue weighted by Gasteiger charge is -2.25. The number of carbonyl (C=O) groups is 1. The second-order valence-corrected chi connectivity index (χ2v) is 7.43. The Kier molecular flexibility index (Phi) is 4.33. The molecule has 5 nitrogen and oxygen atoms in total. The van der Waals surface area contributed by atoms with Gasteiger partial charge in [0.25, 0.3) is 5.91 Å². The van der Waals surface area contributed by atoms with Crippen LogP contribution in [-0.2, 0) is 0 Å². The van der Waals surface area contributed by atoms with E-state index in [1.54, 1.807) is 72.7 Å². The van der Waals surface area contributed by atoms with Gasteiger partial charge in [-0.15, -0.1) is 0 Å². The number of carbonyl (C=O) groups excluding carboxylic acids is 1. The van der Waals surface area contributed by atoms with E-state index in [9.17, 15) is 9.59 Å². The number of hydrogen-bond donors (Lipinski definition) is 0. The zero-order valence-corrected chi connectivity index (χ0v) is 16.7. The highest BCUT2D eigenvalue weighted by molar-refractivity contribution is 6.30. The zero-order chi connectivity index (χ0) is 20.8. The largest absolute Gasteiger partial charge is 0.497 e. The fourth-order valence-corrected chi connectivity index (χ4v) is 4.02. The first kappa shape index (κ1) is 18.5. The molecule has 1 aliphatic heterocycles. The lowest BCUT2D eigenvalue weighted by molar-refractivity contribution is 0.0971. The Balaban J connectivity index is 1.78. The fraction of sp³-hybridized carbons (Fsp3) is 0.0833. The summed E-state index contributed by atoms with van der Waals surface area (Å²) in [5.41, 5.74) is 1.91. The molecule has 0 N–H and O–H groups in total. The molecule has 0 aliphatic carbocycles. The summed E-state index contributed by atoms with van der Waals surface area (Å²) >= 11 is 6.07. The Morgan fingerprint density at radius 1 is 0.933 bits per heavy atom. The molecule has 0 saturated carbocycles. The third-order valence-corrected chi connectivity index (χ3v) is 5.57. The number of fused-ring (bicyclic) bond motifs is 2. The van der Waals surface area contributed by atoms with E-state index in [0.717, 1.165) is 5.56 Å². The van der Waals surface area contributed by atoms with Gasteiger partial charge in [-0.2, -0.15) is 0 Å². The number of para-hydroxylation sites is 1. The minimum Gasteiger partial charge on any atom is -0.497 e. The van der Waals surface area contributed by atoms with Gasteiger partial charge in [-0.05, 0) is 54.1 Å². The van der Waals surface area contributed by atoms with E-state index in [1.165, 1.54) is 0 Å². The van der Waals surface area contributed by atoms with E-state index in [4.69, 9.17) is 20.8 Å². The second kappa shape index (κ2) is 7.04. The molecule has 1 atom stereocenters. The summed E-state index contributed by atoms with van der Waals surface area (Å²) in [7, 11) is 1.58. The third kappa shape index (κ3) is 2.78. The van der Waals surface area contributed by atoms with Crippen LogP contribution in [0.15, 0.2) is 82.0 Å². The smallest absolute Gasteiger partial charge is 0.295 e. The molecule has 2 heterocycles. The van der Waals surface area contributed by atoms with Crippen LogP contribution in [0, 0.1) is 0 Å². The molecule has 0 bridgehead atoms. The Bertz CT molecular complexity index is 1330. The average molecular weight is 418 g/mol. The number of rotatable bonds is 3. The summed E-state index contributed by atoms with van der Waals surface area (Å²) in [5, 5.41) is 1.02. The highest BCUT2D eigenvalue weighted by Crippen LogP contribution is 2.41. The number of hydrogen-bond acceptors (Lipinski definition) is 4. The van der Waals surface area contributed by atoms with Gasteiger partial charge in [-0.25, -0.2) is 0 Å². The van der Waals surface area contributed by atoms with Crippen molar-refractivity contribution in [2.45, 2.75) is 6.04 Å². The lowest BCUT2D eigenvalue weighted by atomic mass is 9.98. The van der Waals surface area contributed by atoms with Crippen LogP contribution in [0.5, 0.6) is 5.75 Å². The number of benzene rings is 3. The van der Waals surface area contributed by atoms with Gasteiger partial charge in [0, 0.05) is 10.7 Å². The van der Waals surface area contributed by atoms with Gasteiger partial charge >= 0.3 is 0 Å². The summed E-state index contributed by atoms with van der Waals surface area (Å²) in [5.74, 6) is 0.373. The summed E-state index contributed by atoms with van der Waals surface area (Å²) in [6.45, 7) is 0. The van der Waals surface area contributed by atoms with Gasteiger partial charge in [0.05, 0.1) is 24.1 Å². The van der Waals surface area contributed by atoms with Gasteiger partial charge < -0.3 is 9.15 Å². The van der Waals surface area contributed by atoms with Crippen molar-refractivity contribution in [3.63, 3.8) is 0 Å². The van der Waals surface area contributed by atoms with Crippen LogP contribution < -0.4 is 15.1 Å². The fourth-order valence-electron chi connectivity index (χ4n) is 3.89. The molecule has 3 aromatic carbocycles. The average Bonchev–Trinajstić information content (AvgIpc) is 3.07. The number of anilines is 1. The third-order valence-electron chi connectivity index (χ3n) is 5.31. The van der Waals surface area contributed by atoms with Crippen LogP contribution in [0.4, 0.5) is 5.69 Å². The Morgan fingerprint density at radius 3 is 2.33 bits per heavy atom. The molecule has 1 aromatic heterocycles. The predicted octanol–water partition coefficient (Wildman–Crippen LogP) is 5.20. The molecule has 6 heteroatoms. The molecule has 0 spiro atoms. The van der Waals surface area contributed by atoms with Crippen molar-refractivity contribution in [1.29, 1.82) is 0 Å². The molecule has 1 unspecified atom stereocenters. The van der Waals surface area contributed by atoms with Gasteiger partial charge in [0.2, 0.25) is 5.76 Å². The maximum absolute atomic E-state index is 13.4. The molecular weight excluding hydrogens is 402 g/mol. The monoisotopic (exact) mass is 417 g/mol. The number of ether oxygens (including phenoxy) is 1. The van der Waals surface area contributed by atoms with Crippen LogP contribution in [0.25, 0.3) is 11.0 Å². The highest BCUT2D eigenvalue weighted by Gasteiger charge is 2.43. The van der Waals surface area contributed by atoms with Crippen molar-refractivity contribution in [2.24, 2.45) is 0 Å². The van der Waals surface area contributed by atoms with Crippen LogP contribution in [0.2, 0.25) is 5.02 Å². The standard InChI is InChI=1S/C24H16ClNO4/c1-29-17-12-10-16(11-13-17)26-21(14-6-8-15(25)9-7-14)20-22(27)18-4-2-3-5-19(18)30-23(20)24(26)28/h2-13,21H,1H3. The molecule has 5 rings (SSSR count). The SMILES string of the molecule is COc1ccc(N2C(=O)c3oc4ccccc4c(=O)c3C2c2ccc(Cl)cc2)cc1. The topological polar surface area (TPSA) is 59.8 Å². The van der Waals surface area contributed by atoms with E-state index in [0.29, 0.717) is 33.0 Å². The van der Waals surface area contributed by atoms with Gasteiger partial charge in [-0.1, -0.05) is 35.9 Å². The van der Waals surface area contributed by atoms with E-state index < -0.39 is 6.04 Å². The first-order valence-electron chi connectivity index (χ1n) is 9.37. The first-order valence-corrected chi connectivity index (χ1v) is 9.75.